The van der Waals surface area contributed by atoms with Crippen molar-refractivity contribution in [2.75, 3.05) is 26.2 Å². The van der Waals surface area contributed by atoms with E-state index in [1.807, 2.05) is 29.2 Å². The zero-order valence-electron chi connectivity index (χ0n) is 15.4. The van der Waals surface area contributed by atoms with Crippen molar-refractivity contribution in [1.82, 2.24) is 9.80 Å². The number of carbonyl (C=O) groups is 1. The van der Waals surface area contributed by atoms with Gasteiger partial charge >= 0.3 is 0 Å². The van der Waals surface area contributed by atoms with Crippen LogP contribution in [0.2, 0.25) is 5.02 Å². The van der Waals surface area contributed by atoms with Crippen LogP contribution in [0.3, 0.4) is 0 Å². The van der Waals surface area contributed by atoms with Crippen LogP contribution in [0.5, 0.6) is 5.75 Å². The van der Waals surface area contributed by atoms with Gasteiger partial charge in [0.2, 0.25) is 0 Å². The molecular formula is C21H24ClFN2O2. The molecular weight excluding hydrogens is 367 g/mol. The van der Waals surface area contributed by atoms with Crippen LogP contribution >= 0.6 is 11.6 Å². The number of ether oxygens (including phenoxy) is 1. The molecule has 0 aromatic heterocycles. The van der Waals surface area contributed by atoms with E-state index in [4.69, 9.17) is 16.3 Å². The Balaban J connectivity index is 1.56. The van der Waals surface area contributed by atoms with Gasteiger partial charge in [0.1, 0.15) is 11.6 Å². The lowest BCUT2D eigenvalue weighted by Gasteiger charge is -2.25. The Kier molecular flexibility index (Phi) is 6.69. The molecule has 1 unspecified atom stereocenters. The van der Waals surface area contributed by atoms with Gasteiger partial charge in [-0.15, -0.1) is 0 Å². The van der Waals surface area contributed by atoms with Crippen molar-refractivity contribution >= 4 is 17.5 Å². The van der Waals surface area contributed by atoms with Crippen molar-refractivity contribution in [2.24, 2.45) is 0 Å². The highest BCUT2D eigenvalue weighted by Crippen LogP contribution is 2.24. The first kappa shape index (κ1) is 19.6. The fourth-order valence-corrected chi connectivity index (χ4v) is 3.44. The summed E-state index contributed by atoms with van der Waals surface area (Å²) < 4.78 is 19.6. The lowest BCUT2D eigenvalue weighted by molar-refractivity contribution is -0.137. The Morgan fingerprint density at radius 2 is 1.85 bits per heavy atom. The van der Waals surface area contributed by atoms with Crippen LogP contribution in [0.4, 0.5) is 4.39 Å². The van der Waals surface area contributed by atoms with Crippen LogP contribution in [0.25, 0.3) is 0 Å². The quantitative estimate of drug-likeness (QED) is 0.774. The van der Waals surface area contributed by atoms with Crippen molar-refractivity contribution in [3.63, 3.8) is 0 Å². The zero-order valence-corrected chi connectivity index (χ0v) is 16.2. The number of amides is 1. The lowest BCUT2D eigenvalue weighted by Crippen LogP contribution is -2.42. The number of hydrogen-bond donors (Lipinski definition) is 0. The predicted octanol–water partition coefficient (Wildman–Crippen LogP) is 3.98. The molecule has 0 bridgehead atoms. The molecule has 1 fully saturated rings. The lowest BCUT2D eigenvalue weighted by atomic mass is 10.2. The van der Waals surface area contributed by atoms with Crippen molar-refractivity contribution in [3.05, 3.63) is 64.9 Å². The van der Waals surface area contributed by atoms with Gasteiger partial charge in [-0.25, -0.2) is 4.39 Å². The molecule has 4 nitrogen and oxygen atoms in total. The average Bonchev–Trinajstić information content (AvgIpc) is 2.90. The highest BCUT2D eigenvalue weighted by molar-refractivity contribution is 6.32. The van der Waals surface area contributed by atoms with Gasteiger partial charge < -0.3 is 9.64 Å². The van der Waals surface area contributed by atoms with Gasteiger partial charge in [-0.3, -0.25) is 9.69 Å². The molecule has 1 aliphatic rings. The summed E-state index contributed by atoms with van der Waals surface area (Å²) in [5, 5.41) is 0.490. The molecule has 144 valence electrons. The van der Waals surface area contributed by atoms with E-state index in [0.29, 0.717) is 42.5 Å². The first-order valence-corrected chi connectivity index (χ1v) is 9.58. The number of nitrogens with zero attached hydrogens (tertiary/aromatic N) is 2. The van der Waals surface area contributed by atoms with Crippen molar-refractivity contribution in [2.45, 2.75) is 26.0 Å². The first-order valence-electron chi connectivity index (χ1n) is 9.20. The van der Waals surface area contributed by atoms with E-state index in [1.54, 1.807) is 25.1 Å². The van der Waals surface area contributed by atoms with E-state index in [2.05, 4.69) is 4.90 Å². The number of carbonyl (C=O) groups excluding carboxylic acids is 1. The number of halogens is 2. The second-order valence-corrected chi connectivity index (χ2v) is 7.14. The Morgan fingerprint density at radius 1 is 1.11 bits per heavy atom. The SMILES string of the molecule is CC(Oc1ccccc1Cl)C(=O)N1CCCN(Cc2ccccc2F)CC1. The molecule has 3 rings (SSSR count). The number of hydrogen-bond acceptors (Lipinski definition) is 3. The molecule has 2 aromatic carbocycles. The summed E-state index contributed by atoms with van der Waals surface area (Å²) in [5.41, 5.74) is 0.688. The minimum Gasteiger partial charge on any atom is -0.479 e. The average molecular weight is 391 g/mol. The van der Waals surface area contributed by atoms with Gasteiger partial charge in [0.05, 0.1) is 5.02 Å². The molecule has 0 saturated carbocycles. The second kappa shape index (κ2) is 9.20. The van der Waals surface area contributed by atoms with Crippen molar-refractivity contribution < 1.29 is 13.9 Å². The molecule has 2 aromatic rings. The summed E-state index contributed by atoms with van der Waals surface area (Å²) in [6, 6.07) is 14.0. The topological polar surface area (TPSA) is 32.8 Å². The van der Waals surface area contributed by atoms with Gasteiger partial charge in [-0.2, -0.15) is 0 Å². The summed E-state index contributed by atoms with van der Waals surface area (Å²) in [6.45, 7) is 5.11. The maximum Gasteiger partial charge on any atom is 0.263 e. The molecule has 0 aliphatic carbocycles. The third kappa shape index (κ3) is 5.21. The van der Waals surface area contributed by atoms with E-state index < -0.39 is 6.10 Å². The van der Waals surface area contributed by atoms with Gasteiger partial charge in [-0.05, 0) is 31.5 Å². The molecule has 1 aliphatic heterocycles. The molecule has 1 saturated heterocycles. The number of benzene rings is 2. The van der Waals surface area contributed by atoms with Gasteiger partial charge in [-0.1, -0.05) is 41.9 Å². The minimum atomic E-state index is -0.608. The molecule has 0 spiro atoms. The molecule has 0 radical (unpaired) electrons. The summed E-state index contributed by atoms with van der Waals surface area (Å²) in [7, 11) is 0. The number of para-hydroxylation sites is 1. The Morgan fingerprint density at radius 3 is 2.63 bits per heavy atom. The number of rotatable bonds is 5. The van der Waals surface area contributed by atoms with Crippen LogP contribution in [0.15, 0.2) is 48.5 Å². The first-order chi connectivity index (χ1) is 13.0. The second-order valence-electron chi connectivity index (χ2n) is 6.74. The van der Waals surface area contributed by atoms with Gasteiger partial charge in [0, 0.05) is 38.3 Å². The van der Waals surface area contributed by atoms with Gasteiger partial charge in [0.15, 0.2) is 6.10 Å². The molecule has 1 atom stereocenters. The molecule has 6 heteroatoms. The maximum atomic E-state index is 13.9. The third-order valence-corrected chi connectivity index (χ3v) is 5.05. The highest BCUT2D eigenvalue weighted by atomic mass is 35.5. The van der Waals surface area contributed by atoms with Crippen LogP contribution in [0, 0.1) is 5.82 Å². The highest BCUT2D eigenvalue weighted by Gasteiger charge is 2.25. The van der Waals surface area contributed by atoms with Crippen molar-refractivity contribution in [3.8, 4) is 5.75 Å². The largest absolute Gasteiger partial charge is 0.479 e. The molecule has 1 amide bonds. The Labute approximate surface area is 164 Å². The predicted molar refractivity (Wildman–Crippen MR) is 104 cm³/mol. The monoisotopic (exact) mass is 390 g/mol. The zero-order chi connectivity index (χ0) is 19.2. The van der Waals surface area contributed by atoms with E-state index in [0.717, 1.165) is 13.0 Å². The smallest absolute Gasteiger partial charge is 0.263 e. The summed E-state index contributed by atoms with van der Waals surface area (Å²) in [5.74, 6) is 0.273. The van der Waals surface area contributed by atoms with Gasteiger partial charge in [0.25, 0.3) is 5.91 Å². The standard InChI is InChI=1S/C21H24ClFN2O2/c1-16(27-20-10-5-3-8-18(20)22)21(26)25-12-6-11-24(13-14-25)15-17-7-2-4-9-19(17)23/h2-5,7-10,16H,6,11-15H2,1H3. The Bertz CT molecular complexity index is 786. The fraction of sp³-hybridized carbons (Fsp3) is 0.381. The third-order valence-electron chi connectivity index (χ3n) is 4.74. The molecule has 0 N–H and O–H groups in total. The summed E-state index contributed by atoms with van der Waals surface area (Å²) >= 11 is 6.11. The van der Waals surface area contributed by atoms with E-state index in [9.17, 15) is 9.18 Å². The van der Waals surface area contributed by atoms with Crippen LogP contribution in [-0.2, 0) is 11.3 Å². The maximum absolute atomic E-state index is 13.9. The van der Waals surface area contributed by atoms with Crippen LogP contribution in [-0.4, -0.2) is 48.0 Å². The van der Waals surface area contributed by atoms with Crippen molar-refractivity contribution in [1.29, 1.82) is 0 Å². The van der Waals surface area contributed by atoms with Crippen LogP contribution < -0.4 is 4.74 Å². The van der Waals surface area contributed by atoms with E-state index in [-0.39, 0.29) is 11.7 Å². The fourth-order valence-electron chi connectivity index (χ4n) is 3.26. The molecule has 27 heavy (non-hydrogen) atoms. The van der Waals surface area contributed by atoms with E-state index >= 15 is 0 Å². The Hall–Kier alpha value is -2.11. The molecule has 1 heterocycles. The van der Waals surface area contributed by atoms with Crippen LogP contribution in [0.1, 0.15) is 18.9 Å². The summed E-state index contributed by atoms with van der Waals surface area (Å²) in [4.78, 5) is 16.8. The normalized spacial score (nSPS) is 16.6. The summed E-state index contributed by atoms with van der Waals surface area (Å²) in [6.07, 6.45) is 0.238. The minimum absolute atomic E-state index is 0.0531. The van der Waals surface area contributed by atoms with E-state index in [1.165, 1.54) is 6.07 Å².